The highest BCUT2D eigenvalue weighted by molar-refractivity contribution is 6.03. The van der Waals surface area contributed by atoms with Crippen LogP contribution in [0.4, 0.5) is 4.39 Å². The van der Waals surface area contributed by atoms with E-state index in [-0.39, 0.29) is 30.5 Å². The van der Waals surface area contributed by atoms with Gasteiger partial charge in [-0.05, 0) is 44.4 Å². The molecule has 1 spiro atoms. The fourth-order valence-electron chi connectivity index (χ4n) is 5.09. The molecule has 39 heavy (non-hydrogen) atoms. The molecular weight excluding hydrogens is 513 g/mol. The van der Waals surface area contributed by atoms with Crippen molar-refractivity contribution in [1.29, 1.82) is 0 Å². The van der Waals surface area contributed by atoms with Crippen molar-refractivity contribution in [2.75, 3.05) is 19.6 Å². The zero-order chi connectivity index (χ0) is 28.5. The lowest BCUT2D eigenvalue weighted by Gasteiger charge is -2.50. The van der Waals surface area contributed by atoms with E-state index in [9.17, 15) is 28.4 Å². The second kappa shape index (κ2) is 10.8. The largest absolute Gasteiger partial charge is 0.460 e. The summed E-state index contributed by atoms with van der Waals surface area (Å²) in [5, 5.41) is 10.5. The quantitative estimate of drug-likeness (QED) is 0.315. The normalized spacial score (nSPS) is 19.9. The van der Waals surface area contributed by atoms with E-state index in [0.717, 1.165) is 12.5 Å². The van der Waals surface area contributed by atoms with E-state index in [2.05, 4.69) is 15.6 Å². The summed E-state index contributed by atoms with van der Waals surface area (Å²) in [6.45, 7) is 4.70. The molecule has 3 heterocycles. The molecule has 4 rings (SSSR count). The topological polar surface area (TPSA) is 170 Å². The van der Waals surface area contributed by atoms with Crippen molar-refractivity contribution in [3.05, 3.63) is 47.0 Å². The Morgan fingerprint density at radius 2 is 1.92 bits per heavy atom. The van der Waals surface area contributed by atoms with Crippen molar-refractivity contribution >= 4 is 29.6 Å². The number of carbonyl (C=O) groups excluding carboxylic acids is 5. The molecule has 1 aromatic heterocycles. The van der Waals surface area contributed by atoms with Crippen LogP contribution in [0.15, 0.2) is 24.3 Å². The van der Waals surface area contributed by atoms with Crippen LogP contribution in [0.5, 0.6) is 0 Å². The molecular formula is C25H30FN7O6. The predicted octanol–water partition coefficient (Wildman–Crippen LogP) is -0.487. The number of β-lactam (4-membered cyclic amide) rings is 1. The van der Waals surface area contributed by atoms with Gasteiger partial charge in [0.2, 0.25) is 11.8 Å². The van der Waals surface area contributed by atoms with Gasteiger partial charge in [-0.25, -0.2) is 9.07 Å². The van der Waals surface area contributed by atoms with Crippen LogP contribution in [-0.2, 0) is 30.5 Å². The van der Waals surface area contributed by atoms with Crippen LogP contribution < -0.4 is 11.1 Å². The zero-order valence-electron chi connectivity index (χ0n) is 21.8. The fourth-order valence-corrected chi connectivity index (χ4v) is 5.09. The number of primary amides is 1. The molecule has 208 valence electrons. The Morgan fingerprint density at radius 1 is 1.23 bits per heavy atom. The third-order valence-corrected chi connectivity index (χ3v) is 7.08. The molecule has 2 saturated heterocycles. The van der Waals surface area contributed by atoms with E-state index < -0.39 is 41.4 Å². The molecule has 2 fully saturated rings. The molecule has 0 aliphatic carbocycles. The van der Waals surface area contributed by atoms with Gasteiger partial charge in [0.1, 0.15) is 23.5 Å². The van der Waals surface area contributed by atoms with Crippen LogP contribution in [0.25, 0.3) is 0 Å². The Hall–Kier alpha value is -4.36. The maximum Gasteiger partial charge on any atom is 0.302 e. The van der Waals surface area contributed by atoms with Crippen molar-refractivity contribution in [1.82, 2.24) is 30.1 Å². The number of rotatable bonds is 9. The second-order valence-corrected chi connectivity index (χ2v) is 9.82. The Kier molecular flexibility index (Phi) is 7.65. The van der Waals surface area contributed by atoms with E-state index in [0.29, 0.717) is 31.6 Å². The number of nitrogens with zero attached hydrogens (tertiary/aromatic N) is 5. The third kappa shape index (κ3) is 5.45. The number of nitrogens with one attached hydrogen (secondary N) is 1. The number of halogens is 1. The van der Waals surface area contributed by atoms with E-state index >= 15 is 0 Å². The lowest BCUT2D eigenvalue weighted by atomic mass is 9.85. The zero-order valence-corrected chi connectivity index (χ0v) is 21.8. The number of nitrogens with two attached hydrogens (primary N) is 1. The summed E-state index contributed by atoms with van der Waals surface area (Å²) in [6.07, 6.45) is 0.0422. The first-order valence-electron chi connectivity index (χ1n) is 12.4. The molecule has 2 aliphatic heterocycles. The number of amides is 4. The first kappa shape index (κ1) is 27.7. The van der Waals surface area contributed by atoms with E-state index in [4.69, 9.17) is 10.5 Å². The van der Waals surface area contributed by atoms with Gasteiger partial charge >= 0.3 is 5.97 Å². The summed E-state index contributed by atoms with van der Waals surface area (Å²) in [4.78, 5) is 65.0. The maximum atomic E-state index is 13.5. The van der Waals surface area contributed by atoms with E-state index in [1.54, 1.807) is 19.1 Å². The van der Waals surface area contributed by atoms with E-state index in [1.807, 2.05) is 0 Å². The second-order valence-electron chi connectivity index (χ2n) is 9.82. The molecule has 3 atom stereocenters. The SMILES string of the molecule is CC(=O)O[C@H](C)[C@H](NC(=O)CN1CC2(CCCN2C(=O)c2nnn(Cc3ccc(F)cc3)c2C)C1=O)C(N)=O. The van der Waals surface area contributed by atoms with Crippen molar-refractivity contribution in [3.8, 4) is 0 Å². The fraction of sp³-hybridized carbons (Fsp3) is 0.480. The molecule has 14 heteroatoms. The van der Waals surface area contributed by atoms with Gasteiger partial charge in [-0.2, -0.15) is 0 Å². The highest BCUT2D eigenvalue weighted by atomic mass is 19.1. The standard InChI is InChI=1S/C25H30FN7O6/c1-14-20(29-30-33(14)11-17-5-7-18(26)8-6-17)23(37)32-10-4-9-25(32)13-31(24(25)38)12-19(35)28-21(22(27)36)15(2)39-16(3)34/h5-8,15,21H,4,9-13H2,1-3H3,(H2,27,36)(H,28,35)/t15-,21+,25?/m1/s1. The average molecular weight is 544 g/mol. The molecule has 4 amide bonds. The van der Waals surface area contributed by atoms with Crippen molar-refractivity contribution in [3.63, 3.8) is 0 Å². The predicted molar refractivity (Wildman–Crippen MR) is 132 cm³/mol. The minimum Gasteiger partial charge on any atom is -0.460 e. The van der Waals surface area contributed by atoms with Gasteiger partial charge in [0.25, 0.3) is 11.8 Å². The van der Waals surface area contributed by atoms with E-state index in [1.165, 1.54) is 33.5 Å². The number of esters is 1. The Morgan fingerprint density at radius 3 is 2.54 bits per heavy atom. The van der Waals surface area contributed by atoms with Crippen LogP contribution >= 0.6 is 0 Å². The minimum absolute atomic E-state index is 0.117. The third-order valence-electron chi connectivity index (χ3n) is 7.08. The highest BCUT2D eigenvalue weighted by Crippen LogP contribution is 2.39. The van der Waals surface area contributed by atoms with Gasteiger partial charge in [-0.1, -0.05) is 17.3 Å². The summed E-state index contributed by atoms with van der Waals surface area (Å²) in [7, 11) is 0. The molecule has 2 aliphatic rings. The van der Waals surface area contributed by atoms with Gasteiger partial charge in [0.05, 0.1) is 25.3 Å². The average Bonchev–Trinajstić information content (AvgIpc) is 3.48. The van der Waals surface area contributed by atoms with Crippen molar-refractivity contribution in [2.24, 2.45) is 5.73 Å². The van der Waals surface area contributed by atoms with Crippen LogP contribution in [0.2, 0.25) is 0 Å². The van der Waals surface area contributed by atoms with Crippen LogP contribution in [0.1, 0.15) is 48.4 Å². The first-order valence-corrected chi connectivity index (χ1v) is 12.4. The summed E-state index contributed by atoms with van der Waals surface area (Å²) in [5.74, 6) is -3.36. The lowest BCUT2D eigenvalue weighted by molar-refractivity contribution is -0.161. The van der Waals surface area contributed by atoms with Gasteiger partial charge in [-0.3, -0.25) is 24.0 Å². The summed E-state index contributed by atoms with van der Waals surface area (Å²) >= 11 is 0. The monoisotopic (exact) mass is 543 g/mol. The Bertz CT molecular complexity index is 1310. The number of benzene rings is 1. The highest BCUT2D eigenvalue weighted by Gasteiger charge is 2.60. The number of aromatic nitrogens is 3. The number of carbonyl (C=O) groups is 5. The molecule has 1 aromatic carbocycles. The number of hydrogen-bond acceptors (Lipinski definition) is 8. The van der Waals surface area contributed by atoms with Gasteiger partial charge in [0, 0.05) is 13.5 Å². The molecule has 0 bridgehead atoms. The maximum absolute atomic E-state index is 13.5. The number of hydrogen-bond donors (Lipinski definition) is 2. The molecule has 0 saturated carbocycles. The first-order chi connectivity index (χ1) is 18.4. The number of likely N-dealkylation sites (tertiary alicyclic amines) is 2. The molecule has 1 unspecified atom stereocenters. The van der Waals surface area contributed by atoms with Crippen LogP contribution in [-0.4, -0.2) is 91.7 Å². The lowest BCUT2D eigenvalue weighted by Crippen LogP contribution is -2.74. The Labute approximate surface area is 223 Å². The van der Waals surface area contributed by atoms with Gasteiger partial charge in [-0.15, -0.1) is 5.10 Å². The molecule has 0 radical (unpaired) electrons. The van der Waals surface area contributed by atoms with Crippen molar-refractivity contribution < 1.29 is 33.1 Å². The Balaban J connectivity index is 1.40. The number of ether oxygens (including phenoxy) is 1. The molecule has 2 aromatic rings. The summed E-state index contributed by atoms with van der Waals surface area (Å²) < 4.78 is 19.7. The van der Waals surface area contributed by atoms with Gasteiger partial charge in [0.15, 0.2) is 5.69 Å². The minimum atomic E-state index is -1.27. The summed E-state index contributed by atoms with van der Waals surface area (Å²) in [6, 6.07) is 4.65. The van der Waals surface area contributed by atoms with Gasteiger partial charge < -0.3 is 25.6 Å². The smallest absolute Gasteiger partial charge is 0.302 e. The summed E-state index contributed by atoms with van der Waals surface area (Å²) in [5.41, 5.74) is 5.66. The van der Waals surface area contributed by atoms with Crippen molar-refractivity contribution in [2.45, 2.75) is 57.8 Å². The molecule has 3 N–H and O–H groups in total. The van der Waals surface area contributed by atoms with Crippen LogP contribution in [0.3, 0.4) is 0 Å². The van der Waals surface area contributed by atoms with Crippen LogP contribution in [0, 0.1) is 12.7 Å². The molecule has 13 nitrogen and oxygen atoms in total.